The number of aryl methyl sites for hydroxylation is 1. The summed E-state index contributed by atoms with van der Waals surface area (Å²) in [6.07, 6.45) is -0.262. The first kappa shape index (κ1) is 23.8. The Labute approximate surface area is 203 Å². The van der Waals surface area contributed by atoms with E-state index in [1.165, 1.54) is 12.1 Å². The molecule has 0 aromatic heterocycles. The van der Waals surface area contributed by atoms with E-state index in [1.54, 1.807) is 57.2 Å². The first-order valence-electron chi connectivity index (χ1n) is 8.97. The van der Waals surface area contributed by atoms with Crippen LogP contribution in [0.1, 0.15) is 40.1 Å². The molecule has 3 rings (SSSR count). The summed E-state index contributed by atoms with van der Waals surface area (Å²) in [5, 5.41) is 31.2. The number of esters is 1. The van der Waals surface area contributed by atoms with E-state index in [0.717, 1.165) is 5.56 Å². The molecule has 0 bridgehead atoms. The number of hydrogen-bond donors (Lipinski definition) is 1. The number of aromatic carboxylic acids is 1. The average Bonchev–Trinajstić information content (AvgIpc) is 2.67. The molecule has 0 atom stereocenters. The molecule has 30 heavy (non-hydrogen) atoms. The minimum Gasteiger partial charge on any atom is -0.870 e. The van der Waals surface area contributed by atoms with Gasteiger partial charge in [0.25, 0.3) is 0 Å². The van der Waals surface area contributed by atoms with Crippen molar-refractivity contribution in [1.29, 1.82) is 0 Å². The number of carbonyl (C=O) groups is 2. The molecule has 3 aromatic rings. The second-order valence-electron chi connectivity index (χ2n) is 6.78. The Balaban J connectivity index is 0.00000320. The zero-order valence-electron chi connectivity index (χ0n) is 16.9. The summed E-state index contributed by atoms with van der Waals surface area (Å²) in [7, 11) is 0. The van der Waals surface area contributed by atoms with Crippen molar-refractivity contribution < 1.29 is 24.5 Å². The second-order valence-corrected chi connectivity index (χ2v) is 6.78. The van der Waals surface area contributed by atoms with Crippen LogP contribution in [0.3, 0.4) is 0 Å². The maximum Gasteiger partial charge on any atom is 2.00 e. The van der Waals surface area contributed by atoms with E-state index in [9.17, 15) is 19.8 Å². The van der Waals surface area contributed by atoms with Crippen molar-refractivity contribution in [3.05, 3.63) is 65.2 Å². The zero-order valence-corrected chi connectivity index (χ0v) is 19.1. The Hall–Kier alpha value is -2.48. The van der Waals surface area contributed by atoms with Crippen molar-refractivity contribution in [3.8, 4) is 5.75 Å². The monoisotopic (exact) mass is 431 g/mol. The summed E-state index contributed by atoms with van der Waals surface area (Å²) in [6.45, 7) is 5.29. The Morgan fingerprint density at radius 3 is 2.43 bits per heavy atom. The molecule has 0 aliphatic carbocycles. The van der Waals surface area contributed by atoms with Crippen LogP contribution in [-0.4, -0.2) is 60.9 Å². The summed E-state index contributed by atoms with van der Waals surface area (Å²) < 4.78 is 5.19. The van der Waals surface area contributed by atoms with E-state index in [4.69, 9.17) is 4.74 Å². The number of carboxylic acid groups (broad SMARTS) is 1. The fraction of sp³-hybridized carbons (Fsp3) is 0.182. The van der Waals surface area contributed by atoms with Crippen molar-refractivity contribution in [2.24, 2.45) is 10.2 Å². The summed E-state index contributed by atoms with van der Waals surface area (Å²) in [5.41, 5.74) is 0.997. The van der Waals surface area contributed by atoms with Gasteiger partial charge in [0.2, 0.25) is 0 Å². The van der Waals surface area contributed by atoms with Crippen LogP contribution in [0.4, 0.5) is 11.4 Å². The number of fused-ring (bicyclic) bond motifs is 1. The number of nitrogens with zero attached hydrogens (tertiary/aromatic N) is 2. The Morgan fingerprint density at radius 2 is 1.77 bits per heavy atom. The minimum atomic E-state index is -1.33. The Kier molecular flexibility index (Phi) is 7.95. The third-order valence-electron chi connectivity index (χ3n) is 4.25. The molecule has 0 spiro atoms. The van der Waals surface area contributed by atoms with Gasteiger partial charge in [0.15, 0.2) is 0 Å². The van der Waals surface area contributed by atoms with Gasteiger partial charge in [-0.1, -0.05) is 36.1 Å². The predicted molar refractivity (Wildman–Crippen MR) is 112 cm³/mol. The first-order chi connectivity index (χ1) is 13.8. The van der Waals surface area contributed by atoms with Gasteiger partial charge < -0.3 is 14.9 Å². The maximum atomic E-state index is 12.6. The number of azo groups is 1. The predicted octanol–water partition coefficient (Wildman–Crippen LogP) is 4.52. The molecule has 148 valence electrons. The van der Waals surface area contributed by atoms with Crippen LogP contribution in [0.2, 0.25) is 0 Å². The standard InChI is InChI=1S/C22H20N2O5.Ca/c1-12(2)29-22(28)15-9-8-13(3)18(11-15)23-24-19-16-7-5-4-6-14(16)10-17(20(19)25)21(26)27;/h4-12,25H,1-3H3,(H,26,27);/q;+2/p-1. The van der Waals surface area contributed by atoms with Gasteiger partial charge in [-0.25, -0.2) is 9.59 Å². The quantitative estimate of drug-likeness (QED) is 0.363. The van der Waals surface area contributed by atoms with E-state index in [2.05, 4.69) is 10.2 Å². The van der Waals surface area contributed by atoms with Crippen molar-refractivity contribution >= 4 is 71.8 Å². The largest absolute Gasteiger partial charge is 2.00 e. The van der Waals surface area contributed by atoms with E-state index in [0.29, 0.717) is 22.0 Å². The molecule has 7 nitrogen and oxygen atoms in total. The molecule has 0 radical (unpaired) electrons. The van der Waals surface area contributed by atoms with Crippen LogP contribution in [0.15, 0.2) is 58.8 Å². The van der Waals surface area contributed by atoms with E-state index < -0.39 is 17.7 Å². The number of benzene rings is 3. The molecular formula is C22H19CaN2O5+. The summed E-state index contributed by atoms with van der Waals surface area (Å²) in [5.74, 6) is -2.53. The van der Waals surface area contributed by atoms with Gasteiger partial charge in [0, 0.05) is 5.39 Å². The number of carboxylic acids is 1. The van der Waals surface area contributed by atoms with Gasteiger partial charge in [-0.05, 0) is 49.9 Å². The molecule has 0 fully saturated rings. The summed E-state index contributed by atoms with van der Waals surface area (Å²) in [6, 6.07) is 13.0. The number of ether oxygens (including phenoxy) is 1. The van der Waals surface area contributed by atoms with Gasteiger partial charge in [0.1, 0.15) is 0 Å². The third-order valence-corrected chi connectivity index (χ3v) is 4.25. The first-order valence-corrected chi connectivity index (χ1v) is 8.97. The molecule has 0 amide bonds. The van der Waals surface area contributed by atoms with E-state index in [1.807, 2.05) is 0 Å². The molecule has 0 aliphatic rings. The van der Waals surface area contributed by atoms with E-state index >= 15 is 0 Å². The van der Waals surface area contributed by atoms with Gasteiger partial charge in [0.05, 0.1) is 28.6 Å². The third kappa shape index (κ3) is 5.16. The van der Waals surface area contributed by atoms with Crippen LogP contribution in [0.5, 0.6) is 5.75 Å². The average molecular weight is 431 g/mol. The fourth-order valence-corrected chi connectivity index (χ4v) is 2.80. The topological polar surface area (TPSA) is 111 Å². The smallest absolute Gasteiger partial charge is 0.870 e. The molecule has 0 saturated carbocycles. The molecule has 8 heteroatoms. The van der Waals surface area contributed by atoms with Crippen LogP contribution >= 0.6 is 0 Å². The van der Waals surface area contributed by atoms with Gasteiger partial charge >= 0.3 is 49.7 Å². The molecule has 0 unspecified atom stereocenters. The van der Waals surface area contributed by atoms with Crippen molar-refractivity contribution in [2.75, 3.05) is 0 Å². The van der Waals surface area contributed by atoms with Crippen molar-refractivity contribution in [1.82, 2.24) is 0 Å². The van der Waals surface area contributed by atoms with Gasteiger partial charge in [-0.3, -0.25) is 0 Å². The van der Waals surface area contributed by atoms with Gasteiger partial charge in [-0.2, -0.15) is 10.2 Å². The van der Waals surface area contributed by atoms with E-state index in [-0.39, 0.29) is 55.1 Å². The molecular weight excluding hydrogens is 412 g/mol. The summed E-state index contributed by atoms with van der Waals surface area (Å²) >= 11 is 0. The number of hydrogen-bond acceptors (Lipinski definition) is 6. The molecule has 1 N–H and O–H groups in total. The summed E-state index contributed by atoms with van der Waals surface area (Å²) in [4.78, 5) is 23.6. The van der Waals surface area contributed by atoms with Gasteiger partial charge in [-0.15, -0.1) is 0 Å². The normalized spacial score (nSPS) is 10.9. The molecule has 0 saturated heterocycles. The molecule has 0 heterocycles. The SMILES string of the molecule is Cc1ccc(C(=O)OC(C)C)cc1N=Nc1c([O-])c(C(=O)O)cc2ccccc12.[Ca+2]. The van der Waals surface area contributed by atoms with Crippen LogP contribution in [0.25, 0.3) is 10.8 Å². The molecule has 3 aromatic carbocycles. The Morgan fingerprint density at radius 1 is 1.07 bits per heavy atom. The van der Waals surface area contributed by atoms with Crippen molar-refractivity contribution in [3.63, 3.8) is 0 Å². The fourth-order valence-electron chi connectivity index (χ4n) is 2.80. The minimum absolute atomic E-state index is 0. The zero-order chi connectivity index (χ0) is 21.1. The number of carbonyl (C=O) groups excluding carboxylic acids is 1. The Bertz CT molecular complexity index is 1140. The molecule has 0 aliphatic heterocycles. The van der Waals surface area contributed by atoms with Crippen LogP contribution in [0, 0.1) is 6.92 Å². The van der Waals surface area contributed by atoms with Crippen molar-refractivity contribution in [2.45, 2.75) is 26.9 Å². The second kappa shape index (κ2) is 10.0. The number of rotatable bonds is 5. The van der Waals surface area contributed by atoms with Crippen LogP contribution in [-0.2, 0) is 4.74 Å². The maximum absolute atomic E-state index is 12.6. The van der Waals surface area contributed by atoms with Crippen LogP contribution < -0.4 is 5.11 Å².